The molecule has 0 bridgehead atoms. The van der Waals surface area contributed by atoms with Crippen LogP contribution in [-0.4, -0.2) is 37.0 Å². The van der Waals surface area contributed by atoms with Gasteiger partial charge in [0.25, 0.3) is 5.91 Å². The van der Waals surface area contributed by atoms with Crippen LogP contribution in [0.15, 0.2) is 18.2 Å². The van der Waals surface area contributed by atoms with Gasteiger partial charge in [-0.05, 0) is 50.6 Å². The van der Waals surface area contributed by atoms with Gasteiger partial charge in [0.05, 0.1) is 0 Å². The SMILES string of the molecule is Cc1cc(C(=O)NCCN(C)C2CC2)ccc1F. The van der Waals surface area contributed by atoms with Crippen molar-refractivity contribution < 1.29 is 9.18 Å². The van der Waals surface area contributed by atoms with Crippen LogP contribution in [0.3, 0.4) is 0 Å². The molecular formula is C14H19FN2O. The van der Waals surface area contributed by atoms with Crippen LogP contribution in [0.4, 0.5) is 4.39 Å². The number of nitrogens with one attached hydrogen (secondary N) is 1. The van der Waals surface area contributed by atoms with Gasteiger partial charge in [0.15, 0.2) is 0 Å². The van der Waals surface area contributed by atoms with Gasteiger partial charge in [0.2, 0.25) is 0 Å². The van der Waals surface area contributed by atoms with Gasteiger partial charge in [-0.1, -0.05) is 0 Å². The summed E-state index contributed by atoms with van der Waals surface area (Å²) >= 11 is 0. The van der Waals surface area contributed by atoms with Crippen LogP contribution in [0.1, 0.15) is 28.8 Å². The van der Waals surface area contributed by atoms with Crippen molar-refractivity contribution in [3.63, 3.8) is 0 Å². The van der Waals surface area contributed by atoms with Crippen molar-refractivity contribution in [3.05, 3.63) is 35.1 Å². The molecule has 18 heavy (non-hydrogen) atoms. The highest BCUT2D eigenvalue weighted by molar-refractivity contribution is 5.94. The molecule has 0 unspecified atom stereocenters. The van der Waals surface area contributed by atoms with Crippen LogP contribution in [0, 0.1) is 12.7 Å². The summed E-state index contributed by atoms with van der Waals surface area (Å²) in [4.78, 5) is 14.1. The number of likely N-dealkylation sites (N-methyl/N-ethyl adjacent to an activating group) is 1. The van der Waals surface area contributed by atoms with Crippen molar-refractivity contribution in [2.24, 2.45) is 0 Å². The van der Waals surface area contributed by atoms with E-state index in [1.165, 1.54) is 25.0 Å². The molecule has 1 aromatic carbocycles. The van der Waals surface area contributed by atoms with Crippen LogP contribution in [0.2, 0.25) is 0 Å². The number of aryl methyl sites for hydroxylation is 1. The number of nitrogens with zero attached hydrogens (tertiary/aromatic N) is 1. The van der Waals surface area contributed by atoms with Crippen molar-refractivity contribution in [1.82, 2.24) is 10.2 Å². The number of halogens is 1. The summed E-state index contributed by atoms with van der Waals surface area (Å²) in [5, 5.41) is 2.86. The molecule has 1 fully saturated rings. The molecule has 0 spiro atoms. The van der Waals surface area contributed by atoms with Gasteiger partial charge in [0.1, 0.15) is 5.82 Å². The van der Waals surface area contributed by atoms with Crippen molar-refractivity contribution in [3.8, 4) is 0 Å². The van der Waals surface area contributed by atoms with Gasteiger partial charge >= 0.3 is 0 Å². The minimum absolute atomic E-state index is 0.137. The van der Waals surface area contributed by atoms with Gasteiger partial charge in [-0.2, -0.15) is 0 Å². The molecule has 1 saturated carbocycles. The van der Waals surface area contributed by atoms with Gasteiger partial charge in [0, 0.05) is 24.7 Å². The molecule has 2 rings (SSSR count). The van der Waals surface area contributed by atoms with Crippen molar-refractivity contribution in [2.75, 3.05) is 20.1 Å². The number of carbonyl (C=O) groups excluding carboxylic acids is 1. The number of hydrogen-bond donors (Lipinski definition) is 1. The lowest BCUT2D eigenvalue weighted by atomic mass is 10.1. The maximum absolute atomic E-state index is 13.1. The predicted molar refractivity (Wildman–Crippen MR) is 69.1 cm³/mol. The van der Waals surface area contributed by atoms with E-state index < -0.39 is 0 Å². The summed E-state index contributed by atoms with van der Waals surface area (Å²) in [5.74, 6) is -0.415. The second-order valence-electron chi connectivity index (χ2n) is 4.93. The highest BCUT2D eigenvalue weighted by atomic mass is 19.1. The summed E-state index contributed by atoms with van der Waals surface area (Å²) in [6, 6.07) is 5.13. The molecule has 1 aromatic rings. The van der Waals surface area contributed by atoms with Crippen LogP contribution in [0.5, 0.6) is 0 Å². The average Bonchev–Trinajstić information content (AvgIpc) is 3.16. The second kappa shape index (κ2) is 5.48. The molecule has 1 aliphatic rings. The first kappa shape index (κ1) is 13.0. The summed E-state index contributed by atoms with van der Waals surface area (Å²) in [7, 11) is 2.08. The van der Waals surface area contributed by atoms with Crippen LogP contribution in [0.25, 0.3) is 0 Å². The van der Waals surface area contributed by atoms with Crippen molar-refractivity contribution in [2.45, 2.75) is 25.8 Å². The molecule has 98 valence electrons. The first-order chi connectivity index (χ1) is 8.58. The average molecular weight is 250 g/mol. The number of carbonyl (C=O) groups is 1. The van der Waals surface area contributed by atoms with E-state index in [0.717, 1.165) is 6.54 Å². The maximum atomic E-state index is 13.1. The maximum Gasteiger partial charge on any atom is 0.251 e. The molecule has 0 radical (unpaired) electrons. The Hall–Kier alpha value is -1.42. The highest BCUT2D eigenvalue weighted by Crippen LogP contribution is 2.24. The van der Waals surface area contributed by atoms with Gasteiger partial charge in [-0.25, -0.2) is 4.39 Å². The van der Waals surface area contributed by atoms with Crippen molar-refractivity contribution in [1.29, 1.82) is 0 Å². The Kier molecular flexibility index (Phi) is 3.97. The molecule has 1 N–H and O–H groups in total. The monoisotopic (exact) mass is 250 g/mol. The van der Waals surface area contributed by atoms with Crippen LogP contribution in [-0.2, 0) is 0 Å². The summed E-state index contributed by atoms with van der Waals surface area (Å²) < 4.78 is 13.1. The summed E-state index contributed by atoms with van der Waals surface area (Å²) in [6.45, 7) is 3.14. The van der Waals surface area contributed by atoms with Gasteiger partial charge in [-0.3, -0.25) is 4.79 Å². The van der Waals surface area contributed by atoms with E-state index >= 15 is 0 Å². The van der Waals surface area contributed by atoms with E-state index in [9.17, 15) is 9.18 Å². The van der Waals surface area contributed by atoms with E-state index in [-0.39, 0.29) is 11.7 Å². The number of rotatable bonds is 5. The fraction of sp³-hybridized carbons (Fsp3) is 0.500. The quantitative estimate of drug-likeness (QED) is 0.866. The topological polar surface area (TPSA) is 32.3 Å². The summed E-state index contributed by atoms with van der Waals surface area (Å²) in [5.41, 5.74) is 1.01. The molecular weight excluding hydrogens is 231 g/mol. The molecule has 0 heterocycles. The Balaban J connectivity index is 1.81. The zero-order chi connectivity index (χ0) is 13.1. The minimum Gasteiger partial charge on any atom is -0.351 e. The predicted octanol–water partition coefficient (Wildman–Crippen LogP) is 1.96. The lowest BCUT2D eigenvalue weighted by Gasteiger charge is -2.15. The third kappa shape index (κ3) is 3.29. The van der Waals surface area contributed by atoms with Gasteiger partial charge in [-0.15, -0.1) is 0 Å². The van der Waals surface area contributed by atoms with E-state index in [1.54, 1.807) is 13.0 Å². The second-order valence-corrected chi connectivity index (χ2v) is 4.93. The third-order valence-electron chi connectivity index (χ3n) is 3.34. The number of amides is 1. The molecule has 0 saturated heterocycles. The van der Waals surface area contributed by atoms with Crippen LogP contribution >= 0.6 is 0 Å². The Morgan fingerprint density at radius 2 is 2.22 bits per heavy atom. The molecule has 1 aliphatic carbocycles. The fourth-order valence-corrected chi connectivity index (χ4v) is 1.93. The van der Waals surface area contributed by atoms with Gasteiger partial charge < -0.3 is 10.2 Å². The minimum atomic E-state index is -0.278. The first-order valence-electron chi connectivity index (χ1n) is 6.32. The standard InChI is InChI=1S/C14H19FN2O/c1-10-9-11(3-6-13(10)15)14(18)16-7-8-17(2)12-4-5-12/h3,6,9,12H,4-5,7-8H2,1-2H3,(H,16,18). The zero-order valence-corrected chi connectivity index (χ0v) is 10.9. The van der Waals surface area contributed by atoms with E-state index in [2.05, 4.69) is 17.3 Å². The molecule has 0 aromatic heterocycles. The number of hydrogen-bond acceptors (Lipinski definition) is 2. The normalized spacial score (nSPS) is 14.9. The third-order valence-corrected chi connectivity index (χ3v) is 3.34. The van der Waals surface area contributed by atoms with E-state index in [1.807, 2.05) is 0 Å². The Bertz CT molecular complexity index is 443. The smallest absolute Gasteiger partial charge is 0.251 e. The lowest BCUT2D eigenvalue weighted by Crippen LogP contribution is -2.34. The van der Waals surface area contributed by atoms with E-state index in [0.29, 0.717) is 23.7 Å². The largest absolute Gasteiger partial charge is 0.351 e. The lowest BCUT2D eigenvalue weighted by molar-refractivity contribution is 0.0949. The zero-order valence-electron chi connectivity index (χ0n) is 10.9. The molecule has 4 heteroatoms. The first-order valence-corrected chi connectivity index (χ1v) is 6.32. The van der Waals surface area contributed by atoms with Crippen LogP contribution < -0.4 is 5.32 Å². The Labute approximate surface area is 107 Å². The van der Waals surface area contributed by atoms with E-state index in [4.69, 9.17) is 0 Å². The Morgan fingerprint density at radius 3 is 2.83 bits per heavy atom. The van der Waals surface area contributed by atoms with Crippen molar-refractivity contribution >= 4 is 5.91 Å². The molecule has 1 amide bonds. The highest BCUT2D eigenvalue weighted by Gasteiger charge is 2.25. The summed E-state index contributed by atoms with van der Waals surface area (Å²) in [6.07, 6.45) is 2.53. The molecule has 3 nitrogen and oxygen atoms in total. The Morgan fingerprint density at radius 1 is 1.50 bits per heavy atom. The molecule has 0 atom stereocenters. The molecule has 0 aliphatic heterocycles. The fourth-order valence-electron chi connectivity index (χ4n) is 1.93. The number of benzene rings is 1.